The monoisotopic (exact) mass is 325 g/mol. The molecule has 3 rings (SSSR count). The Morgan fingerprint density at radius 3 is 2.48 bits per heavy atom. The van der Waals surface area contributed by atoms with E-state index in [9.17, 15) is 8.42 Å². The third kappa shape index (κ3) is 2.33. The number of hydrogen-bond acceptors (Lipinski definition) is 2. The third-order valence-electron chi connectivity index (χ3n) is 4.89. The van der Waals surface area contributed by atoms with Crippen LogP contribution in [0.4, 0.5) is 0 Å². The summed E-state index contributed by atoms with van der Waals surface area (Å²) in [6.45, 7) is 6.63. The number of benzene rings is 1. The highest BCUT2D eigenvalue weighted by atomic mass is 35.5. The van der Waals surface area contributed by atoms with Crippen LogP contribution in [0.3, 0.4) is 0 Å². The van der Waals surface area contributed by atoms with Gasteiger partial charge in [-0.15, -0.1) is 11.6 Å². The standard InChI is InChI=1S/C16H20ClNO2S/c1-11-4-6-13(7-5-11)21(19,20)18-10-16(3)9-15(18)14(17)8-12(16)2/h4-8,14-15H,9-10H2,1-3H3/t14-,15-,16+/m1/s1. The van der Waals surface area contributed by atoms with Crippen LogP contribution in [0.5, 0.6) is 0 Å². The van der Waals surface area contributed by atoms with E-state index >= 15 is 0 Å². The summed E-state index contributed by atoms with van der Waals surface area (Å²) >= 11 is 6.40. The maximum Gasteiger partial charge on any atom is 0.243 e. The molecular weight excluding hydrogens is 306 g/mol. The number of hydrogen-bond donors (Lipinski definition) is 0. The Morgan fingerprint density at radius 1 is 1.24 bits per heavy atom. The molecule has 1 fully saturated rings. The highest BCUT2D eigenvalue weighted by Gasteiger charge is 2.51. The maximum absolute atomic E-state index is 12.9. The van der Waals surface area contributed by atoms with Gasteiger partial charge in [0.2, 0.25) is 10.0 Å². The van der Waals surface area contributed by atoms with E-state index in [4.69, 9.17) is 11.6 Å². The number of alkyl halides is 1. The summed E-state index contributed by atoms with van der Waals surface area (Å²) < 4.78 is 27.5. The predicted molar refractivity (Wildman–Crippen MR) is 85.0 cm³/mol. The van der Waals surface area contributed by atoms with Gasteiger partial charge in [-0.3, -0.25) is 0 Å². The number of rotatable bonds is 2. The van der Waals surface area contributed by atoms with Crippen LogP contribution in [0, 0.1) is 12.3 Å². The van der Waals surface area contributed by atoms with Crippen molar-refractivity contribution in [2.75, 3.05) is 6.54 Å². The second-order valence-electron chi connectivity index (χ2n) is 6.49. The van der Waals surface area contributed by atoms with Gasteiger partial charge >= 0.3 is 0 Å². The summed E-state index contributed by atoms with van der Waals surface area (Å²) in [5.41, 5.74) is 2.16. The van der Waals surface area contributed by atoms with Gasteiger partial charge in [0.05, 0.1) is 10.3 Å². The molecule has 1 aliphatic carbocycles. The predicted octanol–water partition coefficient (Wildman–Crippen LogP) is 3.33. The van der Waals surface area contributed by atoms with E-state index in [-0.39, 0.29) is 16.8 Å². The molecule has 2 aliphatic rings. The lowest BCUT2D eigenvalue weighted by atomic mass is 9.76. The van der Waals surface area contributed by atoms with Crippen LogP contribution >= 0.6 is 11.6 Å². The first-order valence-electron chi connectivity index (χ1n) is 7.15. The van der Waals surface area contributed by atoms with Gasteiger partial charge in [-0.05, 0) is 32.4 Å². The molecule has 1 heterocycles. The highest BCUT2D eigenvalue weighted by molar-refractivity contribution is 7.89. The number of sulfonamides is 1. The van der Waals surface area contributed by atoms with E-state index in [1.165, 1.54) is 5.57 Å². The first kappa shape index (κ1) is 15.1. The van der Waals surface area contributed by atoms with Crippen LogP contribution in [0.1, 0.15) is 25.8 Å². The molecule has 1 aromatic carbocycles. The van der Waals surface area contributed by atoms with Crippen LogP contribution in [0.25, 0.3) is 0 Å². The van der Waals surface area contributed by atoms with Crippen LogP contribution in [0.2, 0.25) is 0 Å². The number of aryl methyl sites for hydroxylation is 1. The van der Waals surface area contributed by atoms with Crippen LogP contribution in [-0.4, -0.2) is 30.7 Å². The molecule has 0 amide bonds. The van der Waals surface area contributed by atoms with Gasteiger partial charge < -0.3 is 0 Å². The van der Waals surface area contributed by atoms with E-state index in [1.54, 1.807) is 16.4 Å². The van der Waals surface area contributed by atoms with E-state index < -0.39 is 10.0 Å². The molecule has 0 saturated carbocycles. The fourth-order valence-electron chi connectivity index (χ4n) is 3.31. The first-order valence-corrected chi connectivity index (χ1v) is 9.03. The van der Waals surface area contributed by atoms with Crippen molar-refractivity contribution in [3.05, 3.63) is 41.5 Å². The van der Waals surface area contributed by atoms with E-state index in [1.807, 2.05) is 32.1 Å². The third-order valence-corrected chi connectivity index (χ3v) is 7.19. The molecule has 0 spiro atoms. The van der Waals surface area contributed by atoms with Gasteiger partial charge in [0, 0.05) is 18.0 Å². The molecule has 3 nitrogen and oxygen atoms in total. The zero-order valence-electron chi connectivity index (χ0n) is 12.5. The lowest BCUT2D eigenvalue weighted by Crippen LogP contribution is -2.39. The Morgan fingerprint density at radius 2 is 1.86 bits per heavy atom. The van der Waals surface area contributed by atoms with Crippen LogP contribution in [-0.2, 0) is 10.0 Å². The molecule has 0 radical (unpaired) electrons. The van der Waals surface area contributed by atoms with Gasteiger partial charge in [-0.2, -0.15) is 4.31 Å². The van der Waals surface area contributed by atoms with Crippen molar-refractivity contribution in [3.63, 3.8) is 0 Å². The quantitative estimate of drug-likeness (QED) is 0.618. The summed E-state index contributed by atoms with van der Waals surface area (Å²) in [4.78, 5) is 0.353. The lowest BCUT2D eigenvalue weighted by molar-refractivity contribution is 0.389. The van der Waals surface area contributed by atoms with E-state index in [2.05, 4.69) is 6.92 Å². The van der Waals surface area contributed by atoms with Crippen molar-refractivity contribution >= 4 is 21.6 Å². The van der Waals surface area contributed by atoms with Crippen molar-refractivity contribution < 1.29 is 8.42 Å². The molecule has 21 heavy (non-hydrogen) atoms. The van der Waals surface area contributed by atoms with Gasteiger partial charge in [0.1, 0.15) is 0 Å². The molecule has 1 saturated heterocycles. The first-order chi connectivity index (χ1) is 9.74. The van der Waals surface area contributed by atoms with Crippen molar-refractivity contribution in [3.8, 4) is 0 Å². The topological polar surface area (TPSA) is 37.4 Å². The minimum Gasteiger partial charge on any atom is -0.207 e. The molecule has 0 N–H and O–H groups in total. The molecule has 114 valence electrons. The van der Waals surface area contributed by atoms with Gasteiger partial charge in [-0.1, -0.05) is 36.3 Å². The summed E-state index contributed by atoms with van der Waals surface area (Å²) in [6, 6.07) is 6.88. The second-order valence-corrected chi connectivity index (χ2v) is 8.88. The summed E-state index contributed by atoms with van der Waals surface area (Å²) in [6.07, 6.45) is 2.81. The molecule has 1 aromatic rings. The van der Waals surface area contributed by atoms with E-state index in [0.29, 0.717) is 11.4 Å². The molecule has 2 bridgehead atoms. The highest BCUT2D eigenvalue weighted by Crippen LogP contribution is 2.48. The Hall–Kier alpha value is -0.840. The van der Waals surface area contributed by atoms with E-state index in [0.717, 1.165) is 12.0 Å². The fourth-order valence-corrected chi connectivity index (χ4v) is 5.55. The SMILES string of the molecule is CC1=C[C@@H](Cl)[C@H]2C[C@@]1(C)CN2S(=O)(=O)c1ccc(C)cc1. The smallest absolute Gasteiger partial charge is 0.207 e. The number of nitrogens with zero attached hydrogens (tertiary/aromatic N) is 1. The Bertz CT molecular complexity index is 695. The van der Waals surface area contributed by atoms with Gasteiger partial charge in [0.15, 0.2) is 0 Å². The summed E-state index contributed by atoms with van der Waals surface area (Å²) in [7, 11) is -3.49. The van der Waals surface area contributed by atoms with Crippen molar-refractivity contribution in [1.29, 1.82) is 0 Å². The second kappa shape index (κ2) is 4.83. The lowest BCUT2D eigenvalue weighted by Gasteiger charge is -2.30. The summed E-state index contributed by atoms with van der Waals surface area (Å²) in [5, 5.41) is -0.249. The number of halogens is 1. The molecule has 3 atom stereocenters. The average molecular weight is 326 g/mol. The molecule has 5 heteroatoms. The minimum atomic E-state index is -3.49. The minimum absolute atomic E-state index is 0.0895. The summed E-state index contributed by atoms with van der Waals surface area (Å²) in [5.74, 6) is 0. The molecule has 1 aliphatic heterocycles. The Kier molecular flexibility index (Phi) is 3.47. The zero-order chi connectivity index (χ0) is 15.4. The van der Waals surface area contributed by atoms with Crippen LogP contribution < -0.4 is 0 Å². The Labute approximate surface area is 131 Å². The average Bonchev–Trinajstić information content (AvgIpc) is 2.75. The molecule has 0 unspecified atom stereocenters. The normalized spacial score (nSPS) is 33.0. The van der Waals surface area contributed by atoms with Crippen molar-refractivity contribution in [1.82, 2.24) is 4.31 Å². The number of fused-ring (bicyclic) bond motifs is 2. The van der Waals surface area contributed by atoms with Crippen molar-refractivity contribution in [2.24, 2.45) is 5.41 Å². The maximum atomic E-state index is 12.9. The largest absolute Gasteiger partial charge is 0.243 e. The zero-order valence-corrected chi connectivity index (χ0v) is 14.1. The van der Waals surface area contributed by atoms with Gasteiger partial charge in [0.25, 0.3) is 0 Å². The van der Waals surface area contributed by atoms with Crippen molar-refractivity contribution in [2.45, 2.75) is 43.5 Å². The molecule has 0 aromatic heterocycles. The Balaban J connectivity index is 2.00. The van der Waals surface area contributed by atoms with Gasteiger partial charge in [-0.25, -0.2) is 8.42 Å². The fraction of sp³-hybridized carbons (Fsp3) is 0.500. The molecular formula is C16H20ClNO2S. The van der Waals surface area contributed by atoms with Crippen LogP contribution in [0.15, 0.2) is 40.8 Å².